The molecule has 0 heterocycles. The monoisotopic (exact) mass is 263 g/mol. The van der Waals surface area contributed by atoms with Gasteiger partial charge in [0, 0.05) is 12.8 Å². The topological polar surface area (TPSA) is 12.4 Å². The molecule has 0 spiro atoms. The minimum absolute atomic E-state index is 0.870. The molecule has 0 saturated carbocycles. The molecule has 1 heteroatoms. The van der Waals surface area contributed by atoms with Gasteiger partial charge in [-0.3, -0.25) is 4.99 Å². The van der Waals surface area contributed by atoms with Gasteiger partial charge in [0.2, 0.25) is 0 Å². The Balaban J connectivity index is 1.63. The average Bonchev–Trinajstić information content (AvgIpc) is 2.91. The molecule has 0 unspecified atom stereocenters. The second-order valence-electron chi connectivity index (χ2n) is 5.60. The zero-order valence-corrected chi connectivity index (χ0v) is 12.1. The summed E-state index contributed by atoms with van der Waals surface area (Å²) in [6.07, 6.45) is 6.87. The van der Waals surface area contributed by atoms with E-state index in [0.29, 0.717) is 0 Å². The molecule has 0 aliphatic heterocycles. The molecule has 0 atom stereocenters. The fraction of sp³-hybridized carbons (Fsp3) is 0.316. The zero-order chi connectivity index (χ0) is 13.8. The van der Waals surface area contributed by atoms with Crippen LogP contribution in [-0.4, -0.2) is 12.8 Å². The summed E-state index contributed by atoms with van der Waals surface area (Å²) in [4.78, 5) is 4.55. The van der Waals surface area contributed by atoms with Crippen molar-refractivity contribution in [3.8, 4) is 0 Å². The molecule has 1 aliphatic rings. The zero-order valence-electron chi connectivity index (χ0n) is 12.1. The summed E-state index contributed by atoms with van der Waals surface area (Å²) in [5.41, 5.74) is 7.21. The Labute approximate surface area is 121 Å². The SMILES string of the molecule is Cc1cc2c(cc1CCN=Cc1ccccc1)CCC2. The van der Waals surface area contributed by atoms with E-state index < -0.39 is 0 Å². The van der Waals surface area contributed by atoms with Crippen LogP contribution in [0.3, 0.4) is 0 Å². The van der Waals surface area contributed by atoms with Gasteiger partial charge in [-0.25, -0.2) is 0 Å². The Kier molecular flexibility index (Phi) is 3.96. The predicted molar refractivity (Wildman–Crippen MR) is 85.8 cm³/mol. The molecular weight excluding hydrogens is 242 g/mol. The highest BCUT2D eigenvalue weighted by atomic mass is 14.7. The van der Waals surface area contributed by atoms with Gasteiger partial charge in [-0.2, -0.15) is 0 Å². The van der Waals surface area contributed by atoms with Crippen LogP contribution < -0.4 is 0 Å². The lowest BCUT2D eigenvalue weighted by Gasteiger charge is -2.08. The van der Waals surface area contributed by atoms with E-state index in [4.69, 9.17) is 0 Å². The highest BCUT2D eigenvalue weighted by Crippen LogP contribution is 2.25. The second kappa shape index (κ2) is 6.04. The van der Waals surface area contributed by atoms with E-state index in [0.717, 1.165) is 13.0 Å². The van der Waals surface area contributed by atoms with E-state index in [1.165, 1.54) is 36.0 Å². The van der Waals surface area contributed by atoms with E-state index in [-0.39, 0.29) is 0 Å². The highest BCUT2D eigenvalue weighted by molar-refractivity contribution is 5.79. The van der Waals surface area contributed by atoms with Gasteiger partial charge in [0.25, 0.3) is 0 Å². The molecule has 20 heavy (non-hydrogen) atoms. The summed E-state index contributed by atoms with van der Waals surface area (Å²) in [6, 6.07) is 15.1. The van der Waals surface area contributed by atoms with Gasteiger partial charge in [-0.15, -0.1) is 0 Å². The number of aliphatic imine (C=N–C) groups is 1. The van der Waals surface area contributed by atoms with Gasteiger partial charge >= 0.3 is 0 Å². The summed E-state index contributed by atoms with van der Waals surface area (Å²) in [5.74, 6) is 0. The van der Waals surface area contributed by atoms with Gasteiger partial charge in [0.05, 0.1) is 0 Å². The van der Waals surface area contributed by atoms with Gasteiger partial charge in [-0.1, -0.05) is 42.5 Å². The van der Waals surface area contributed by atoms with E-state index in [2.05, 4.69) is 36.2 Å². The molecule has 0 saturated heterocycles. The lowest BCUT2D eigenvalue weighted by Crippen LogP contribution is -1.97. The maximum absolute atomic E-state index is 4.55. The molecule has 0 aromatic heterocycles. The Bertz CT molecular complexity index is 611. The Hall–Kier alpha value is -1.89. The predicted octanol–water partition coefficient (Wildman–Crippen LogP) is 4.15. The number of aryl methyl sites for hydroxylation is 3. The first-order valence-electron chi connectivity index (χ1n) is 7.49. The van der Waals surface area contributed by atoms with Crippen molar-refractivity contribution < 1.29 is 0 Å². The third-order valence-corrected chi connectivity index (χ3v) is 4.10. The average molecular weight is 263 g/mol. The van der Waals surface area contributed by atoms with Crippen molar-refractivity contribution in [2.45, 2.75) is 32.6 Å². The Morgan fingerprint density at radius 3 is 2.60 bits per heavy atom. The summed E-state index contributed by atoms with van der Waals surface area (Å²) >= 11 is 0. The first kappa shape index (κ1) is 13.1. The van der Waals surface area contributed by atoms with E-state index in [9.17, 15) is 0 Å². The third kappa shape index (κ3) is 2.98. The standard InChI is InChI=1S/C19H21N/c1-15-12-18-8-5-9-19(18)13-17(15)10-11-20-14-16-6-3-2-4-7-16/h2-4,6-7,12-14H,5,8-11H2,1H3. The van der Waals surface area contributed by atoms with Crippen molar-refractivity contribution in [3.05, 3.63) is 70.3 Å². The Morgan fingerprint density at radius 2 is 1.80 bits per heavy atom. The van der Waals surface area contributed by atoms with Crippen LogP contribution in [0, 0.1) is 6.92 Å². The van der Waals surface area contributed by atoms with E-state index in [1.54, 1.807) is 11.1 Å². The summed E-state index contributed by atoms with van der Waals surface area (Å²) in [7, 11) is 0. The second-order valence-corrected chi connectivity index (χ2v) is 5.60. The number of benzene rings is 2. The fourth-order valence-electron chi connectivity index (χ4n) is 2.96. The Morgan fingerprint density at radius 1 is 1.05 bits per heavy atom. The van der Waals surface area contributed by atoms with Crippen molar-refractivity contribution in [3.63, 3.8) is 0 Å². The van der Waals surface area contributed by atoms with Crippen LogP contribution in [0.2, 0.25) is 0 Å². The van der Waals surface area contributed by atoms with Gasteiger partial charge in [0.15, 0.2) is 0 Å². The van der Waals surface area contributed by atoms with Crippen LogP contribution in [-0.2, 0) is 19.3 Å². The molecule has 2 aromatic carbocycles. The summed E-state index contributed by atoms with van der Waals surface area (Å²) < 4.78 is 0. The summed E-state index contributed by atoms with van der Waals surface area (Å²) in [6.45, 7) is 3.10. The maximum atomic E-state index is 4.55. The first-order chi connectivity index (χ1) is 9.83. The molecule has 2 aromatic rings. The molecule has 1 nitrogen and oxygen atoms in total. The van der Waals surface area contributed by atoms with Crippen LogP contribution in [0.25, 0.3) is 0 Å². The molecule has 0 amide bonds. The molecule has 0 bridgehead atoms. The number of hydrogen-bond acceptors (Lipinski definition) is 1. The van der Waals surface area contributed by atoms with Crippen LogP contribution >= 0.6 is 0 Å². The van der Waals surface area contributed by atoms with Crippen molar-refractivity contribution in [2.75, 3.05) is 6.54 Å². The van der Waals surface area contributed by atoms with Gasteiger partial charge < -0.3 is 0 Å². The fourth-order valence-corrected chi connectivity index (χ4v) is 2.96. The first-order valence-corrected chi connectivity index (χ1v) is 7.49. The van der Waals surface area contributed by atoms with Crippen LogP contribution in [0.1, 0.15) is 34.2 Å². The minimum atomic E-state index is 0.870. The molecule has 102 valence electrons. The van der Waals surface area contributed by atoms with E-state index in [1.807, 2.05) is 24.4 Å². The lowest BCUT2D eigenvalue weighted by atomic mass is 9.99. The van der Waals surface area contributed by atoms with E-state index >= 15 is 0 Å². The van der Waals surface area contributed by atoms with Crippen LogP contribution in [0.5, 0.6) is 0 Å². The quantitative estimate of drug-likeness (QED) is 0.735. The molecule has 0 N–H and O–H groups in total. The van der Waals surface area contributed by atoms with Gasteiger partial charge in [-0.05, 0) is 60.4 Å². The molecule has 1 aliphatic carbocycles. The lowest BCUT2D eigenvalue weighted by molar-refractivity contribution is 0.910. The number of nitrogens with zero attached hydrogens (tertiary/aromatic N) is 1. The van der Waals surface area contributed by atoms with Crippen molar-refractivity contribution in [1.29, 1.82) is 0 Å². The van der Waals surface area contributed by atoms with Crippen LogP contribution in [0.4, 0.5) is 0 Å². The molecule has 0 fully saturated rings. The van der Waals surface area contributed by atoms with Crippen LogP contribution in [0.15, 0.2) is 47.5 Å². The number of hydrogen-bond donors (Lipinski definition) is 0. The smallest absolute Gasteiger partial charge is 0.0430 e. The minimum Gasteiger partial charge on any atom is -0.292 e. The third-order valence-electron chi connectivity index (χ3n) is 4.10. The number of rotatable bonds is 4. The normalized spacial score (nSPS) is 13.8. The van der Waals surface area contributed by atoms with Crippen molar-refractivity contribution in [2.24, 2.45) is 4.99 Å². The molecule has 3 rings (SSSR count). The van der Waals surface area contributed by atoms with Crippen molar-refractivity contribution >= 4 is 6.21 Å². The molecular formula is C19H21N. The van der Waals surface area contributed by atoms with Crippen molar-refractivity contribution in [1.82, 2.24) is 0 Å². The largest absolute Gasteiger partial charge is 0.292 e. The molecule has 0 radical (unpaired) electrons. The maximum Gasteiger partial charge on any atom is 0.0430 e. The van der Waals surface area contributed by atoms with Gasteiger partial charge in [0.1, 0.15) is 0 Å². The highest BCUT2D eigenvalue weighted by Gasteiger charge is 2.12. The number of fused-ring (bicyclic) bond motifs is 1. The summed E-state index contributed by atoms with van der Waals surface area (Å²) in [5, 5.41) is 0.